The van der Waals surface area contributed by atoms with Gasteiger partial charge in [0.25, 0.3) is 0 Å². The quantitative estimate of drug-likeness (QED) is 0.372. The molecule has 3 rings (SSSR count). The van der Waals surface area contributed by atoms with E-state index in [1.807, 2.05) is 0 Å². The van der Waals surface area contributed by atoms with Crippen LogP contribution in [0.3, 0.4) is 0 Å². The summed E-state index contributed by atoms with van der Waals surface area (Å²) in [4.78, 5) is 0. The molecule has 0 fully saturated rings. The molecule has 0 aromatic heterocycles. The lowest BCUT2D eigenvalue weighted by Crippen LogP contribution is -2.04. The standard InChI is InChI=1S/C27H32.CH4/c1-4-13-23-20-24(14-5-2)27(22-18-11-8-12-19-22)25(15-6-3)26(23)21-16-9-7-10-17-21;/h7-12,16-20H,4-6,13-15H2,1-3H3;1H4. The van der Waals surface area contributed by atoms with Crippen LogP contribution in [0, 0.1) is 0 Å². The normalized spacial score (nSPS) is 10.5. The molecule has 0 unspecified atom stereocenters. The maximum Gasteiger partial charge on any atom is -0.0113 e. The lowest BCUT2D eigenvalue weighted by molar-refractivity contribution is 0.876. The van der Waals surface area contributed by atoms with E-state index >= 15 is 0 Å². The van der Waals surface area contributed by atoms with Crippen molar-refractivity contribution in [2.75, 3.05) is 0 Å². The molecule has 0 aliphatic heterocycles. The monoisotopic (exact) mass is 372 g/mol. The first-order valence-corrected chi connectivity index (χ1v) is 10.6. The minimum absolute atomic E-state index is 0. The summed E-state index contributed by atoms with van der Waals surface area (Å²) >= 11 is 0. The second-order valence-electron chi connectivity index (χ2n) is 7.41. The fourth-order valence-corrected chi connectivity index (χ4v) is 4.23. The predicted molar refractivity (Wildman–Crippen MR) is 126 cm³/mol. The van der Waals surface area contributed by atoms with Gasteiger partial charge in [0.1, 0.15) is 0 Å². The van der Waals surface area contributed by atoms with Crippen LogP contribution >= 0.6 is 0 Å². The van der Waals surface area contributed by atoms with Crippen molar-refractivity contribution in [3.63, 3.8) is 0 Å². The Morgan fingerprint density at radius 1 is 0.536 bits per heavy atom. The Morgan fingerprint density at radius 3 is 1.29 bits per heavy atom. The molecule has 0 spiro atoms. The Balaban J connectivity index is 0.00000280. The third kappa shape index (κ3) is 4.73. The zero-order valence-corrected chi connectivity index (χ0v) is 17.1. The fraction of sp³-hybridized carbons (Fsp3) is 0.357. The van der Waals surface area contributed by atoms with Crippen molar-refractivity contribution in [2.24, 2.45) is 0 Å². The molecular weight excluding hydrogens is 336 g/mol. The first-order chi connectivity index (χ1) is 13.3. The van der Waals surface area contributed by atoms with Gasteiger partial charge >= 0.3 is 0 Å². The third-order valence-corrected chi connectivity index (χ3v) is 5.26. The summed E-state index contributed by atoms with van der Waals surface area (Å²) in [6.07, 6.45) is 6.95. The zero-order chi connectivity index (χ0) is 19.1. The van der Waals surface area contributed by atoms with Crippen LogP contribution in [-0.4, -0.2) is 0 Å². The van der Waals surface area contributed by atoms with Crippen LogP contribution in [-0.2, 0) is 19.3 Å². The van der Waals surface area contributed by atoms with E-state index in [9.17, 15) is 0 Å². The van der Waals surface area contributed by atoms with E-state index in [0.29, 0.717) is 0 Å². The smallest absolute Gasteiger partial charge is 0.0113 e. The van der Waals surface area contributed by atoms with Crippen LogP contribution in [0.15, 0.2) is 66.7 Å². The van der Waals surface area contributed by atoms with Gasteiger partial charge in [-0.2, -0.15) is 0 Å². The highest BCUT2D eigenvalue weighted by Gasteiger charge is 2.19. The summed E-state index contributed by atoms with van der Waals surface area (Å²) in [6.45, 7) is 6.88. The Morgan fingerprint density at radius 2 is 0.929 bits per heavy atom. The molecule has 3 aromatic rings. The summed E-state index contributed by atoms with van der Waals surface area (Å²) in [7, 11) is 0. The van der Waals surface area contributed by atoms with Gasteiger partial charge in [-0.3, -0.25) is 0 Å². The van der Waals surface area contributed by atoms with Gasteiger partial charge in [0, 0.05) is 0 Å². The van der Waals surface area contributed by atoms with Gasteiger partial charge in [-0.15, -0.1) is 0 Å². The van der Waals surface area contributed by atoms with E-state index in [1.165, 1.54) is 52.6 Å². The van der Waals surface area contributed by atoms with Crippen LogP contribution in [0.4, 0.5) is 0 Å². The van der Waals surface area contributed by atoms with Gasteiger partial charge in [-0.05, 0) is 58.2 Å². The Bertz CT molecular complexity index is 776. The number of hydrogen-bond acceptors (Lipinski definition) is 0. The number of benzene rings is 3. The SMILES string of the molecule is C.CCCc1cc(CCC)c(-c2ccccc2)c(CCC)c1-c1ccccc1. The lowest BCUT2D eigenvalue weighted by Gasteiger charge is -2.23. The highest BCUT2D eigenvalue weighted by molar-refractivity contribution is 5.83. The molecule has 0 atom stereocenters. The molecule has 0 aliphatic carbocycles. The Labute approximate surface area is 172 Å². The second kappa shape index (κ2) is 10.9. The van der Waals surface area contributed by atoms with Crippen LogP contribution in [0.25, 0.3) is 22.3 Å². The maximum atomic E-state index is 2.51. The van der Waals surface area contributed by atoms with Gasteiger partial charge in [0.15, 0.2) is 0 Å². The van der Waals surface area contributed by atoms with E-state index in [-0.39, 0.29) is 7.43 Å². The van der Waals surface area contributed by atoms with Gasteiger partial charge in [0.05, 0.1) is 0 Å². The summed E-state index contributed by atoms with van der Waals surface area (Å²) in [5, 5.41) is 0. The van der Waals surface area contributed by atoms with E-state index in [4.69, 9.17) is 0 Å². The van der Waals surface area contributed by atoms with Crippen LogP contribution < -0.4 is 0 Å². The summed E-state index contributed by atoms with van der Waals surface area (Å²) in [6, 6.07) is 24.5. The summed E-state index contributed by atoms with van der Waals surface area (Å²) < 4.78 is 0. The van der Waals surface area contributed by atoms with Crippen molar-refractivity contribution in [3.8, 4) is 22.3 Å². The highest BCUT2D eigenvalue weighted by Crippen LogP contribution is 2.39. The molecule has 0 bridgehead atoms. The number of hydrogen-bond donors (Lipinski definition) is 0. The fourth-order valence-electron chi connectivity index (χ4n) is 4.23. The van der Waals surface area contributed by atoms with Crippen molar-refractivity contribution >= 4 is 0 Å². The predicted octanol–water partition coefficient (Wildman–Crippen LogP) is 8.51. The first-order valence-electron chi connectivity index (χ1n) is 10.6. The first kappa shape index (κ1) is 22.0. The van der Waals surface area contributed by atoms with Crippen molar-refractivity contribution in [1.29, 1.82) is 0 Å². The van der Waals surface area contributed by atoms with Crippen molar-refractivity contribution < 1.29 is 0 Å². The van der Waals surface area contributed by atoms with Crippen molar-refractivity contribution in [3.05, 3.63) is 83.4 Å². The molecule has 0 N–H and O–H groups in total. The molecule has 0 heteroatoms. The molecule has 0 heterocycles. The zero-order valence-electron chi connectivity index (χ0n) is 17.1. The minimum atomic E-state index is 0. The largest absolute Gasteiger partial charge is 0.0776 e. The van der Waals surface area contributed by atoms with E-state index in [0.717, 1.165) is 19.3 Å². The molecule has 0 saturated carbocycles. The minimum Gasteiger partial charge on any atom is -0.0776 e. The van der Waals surface area contributed by atoms with Gasteiger partial charge < -0.3 is 0 Å². The Hall–Kier alpha value is -2.34. The second-order valence-corrected chi connectivity index (χ2v) is 7.41. The molecule has 28 heavy (non-hydrogen) atoms. The number of rotatable bonds is 8. The summed E-state index contributed by atoms with van der Waals surface area (Å²) in [5.41, 5.74) is 10.3. The van der Waals surface area contributed by atoms with E-state index in [1.54, 1.807) is 5.56 Å². The maximum absolute atomic E-state index is 2.51. The Kier molecular flexibility index (Phi) is 8.51. The molecule has 0 saturated heterocycles. The average molecular weight is 373 g/mol. The average Bonchev–Trinajstić information content (AvgIpc) is 2.70. The van der Waals surface area contributed by atoms with Gasteiger partial charge in [-0.1, -0.05) is 114 Å². The van der Waals surface area contributed by atoms with Crippen molar-refractivity contribution in [1.82, 2.24) is 0 Å². The summed E-state index contributed by atoms with van der Waals surface area (Å²) in [5.74, 6) is 0. The van der Waals surface area contributed by atoms with E-state index < -0.39 is 0 Å². The molecule has 148 valence electrons. The van der Waals surface area contributed by atoms with Crippen LogP contribution in [0.5, 0.6) is 0 Å². The molecule has 0 aliphatic rings. The number of aryl methyl sites for hydroxylation is 2. The highest BCUT2D eigenvalue weighted by atomic mass is 14.2. The van der Waals surface area contributed by atoms with Gasteiger partial charge in [0.2, 0.25) is 0 Å². The third-order valence-electron chi connectivity index (χ3n) is 5.26. The molecule has 0 radical (unpaired) electrons. The molecule has 3 aromatic carbocycles. The molecule has 0 amide bonds. The molecular formula is C28H36. The topological polar surface area (TPSA) is 0 Å². The molecule has 0 nitrogen and oxygen atoms in total. The van der Waals surface area contributed by atoms with Gasteiger partial charge in [-0.25, -0.2) is 0 Å². The van der Waals surface area contributed by atoms with Crippen LogP contribution in [0.1, 0.15) is 64.2 Å². The van der Waals surface area contributed by atoms with Crippen LogP contribution in [0.2, 0.25) is 0 Å². The lowest BCUT2D eigenvalue weighted by atomic mass is 9.81. The van der Waals surface area contributed by atoms with Crippen molar-refractivity contribution in [2.45, 2.75) is 66.7 Å². The van der Waals surface area contributed by atoms with E-state index in [2.05, 4.69) is 87.5 Å².